The third kappa shape index (κ3) is 6.13. The third-order valence-electron chi connectivity index (χ3n) is 3.37. The Labute approximate surface area is 134 Å². The predicted octanol–water partition coefficient (Wildman–Crippen LogP) is 2.70. The van der Waals surface area contributed by atoms with Gasteiger partial charge in [-0.15, -0.1) is 11.6 Å². The van der Waals surface area contributed by atoms with E-state index in [1.54, 1.807) is 0 Å². The van der Waals surface area contributed by atoms with Crippen LogP contribution >= 0.6 is 11.6 Å². The second-order valence-corrected chi connectivity index (χ2v) is 8.26. The fourth-order valence-electron chi connectivity index (χ4n) is 2.27. The van der Waals surface area contributed by atoms with E-state index in [0.29, 0.717) is 52.1 Å². The zero-order chi connectivity index (χ0) is 15.6. The quantitative estimate of drug-likeness (QED) is 0.293. The van der Waals surface area contributed by atoms with Gasteiger partial charge in [0.25, 0.3) is 0 Å². The maximum atomic E-state index is 5.96. The Balaban J connectivity index is 2.28. The molecular weight excluding hydrogens is 312 g/mol. The maximum absolute atomic E-state index is 5.96. The molecule has 0 aromatic carbocycles. The number of alkyl halides is 1. The fraction of sp³-hybridized carbons (Fsp3) is 1.00. The van der Waals surface area contributed by atoms with Gasteiger partial charge in [0.05, 0.1) is 25.2 Å². The average Bonchev–Trinajstić information content (AvgIpc) is 2.42. The lowest BCUT2D eigenvalue weighted by Gasteiger charge is -2.39. The van der Waals surface area contributed by atoms with Gasteiger partial charge in [-0.3, -0.25) is 0 Å². The first kappa shape index (κ1) is 19.4. The van der Waals surface area contributed by atoms with Gasteiger partial charge in [-0.25, -0.2) is 0 Å². The highest BCUT2D eigenvalue weighted by atomic mass is 35.5. The number of ether oxygens (including phenoxy) is 2. The van der Waals surface area contributed by atoms with Crippen LogP contribution in [0.4, 0.5) is 0 Å². The van der Waals surface area contributed by atoms with Gasteiger partial charge in [-0.05, 0) is 27.2 Å². The molecular formula is C14H29ClO5Si. The molecule has 0 aliphatic carbocycles. The average molecular weight is 341 g/mol. The molecule has 7 heteroatoms. The van der Waals surface area contributed by atoms with Gasteiger partial charge in [-0.2, -0.15) is 0 Å². The van der Waals surface area contributed by atoms with Gasteiger partial charge in [0.2, 0.25) is 0 Å². The zero-order valence-electron chi connectivity index (χ0n) is 13.5. The van der Waals surface area contributed by atoms with E-state index >= 15 is 0 Å². The normalized spacial score (nSPS) is 17.7. The SMILES string of the molecule is CCO[Si](CCCOCC1(CCl)COC1)(OCC)OCC. The van der Waals surface area contributed by atoms with Gasteiger partial charge in [-0.1, -0.05) is 0 Å². The molecule has 1 saturated heterocycles. The van der Waals surface area contributed by atoms with Gasteiger partial charge >= 0.3 is 8.80 Å². The molecule has 1 heterocycles. The first-order valence-electron chi connectivity index (χ1n) is 7.79. The molecule has 21 heavy (non-hydrogen) atoms. The Bertz CT molecular complexity index is 254. The van der Waals surface area contributed by atoms with Crippen LogP contribution in [0.15, 0.2) is 0 Å². The van der Waals surface area contributed by atoms with Crippen molar-refractivity contribution in [2.75, 3.05) is 52.1 Å². The summed E-state index contributed by atoms with van der Waals surface area (Å²) in [6, 6.07) is 0.785. The Morgan fingerprint density at radius 3 is 2.00 bits per heavy atom. The molecule has 0 radical (unpaired) electrons. The molecule has 0 atom stereocenters. The van der Waals surface area contributed by atoms with Gasteiger partial charge in [0, 0.05) is 38.4 Å². The third-order valence-corrected chi connectivity index (χ3v) is 7.09. The van der Waals surface area contributed by atoms with E-state index in [1.165, 1.54) is 0 Å². The van der Waals surface area contributed by atoms with Crippen LogP contribution in [0.3, 0.4) is 0 Å². The molecule has 1 fully saturated rings. The van der Waals surface area contributed by atoms with Gasteiger partial charge < -0.3 is 22.8 Å². The van der Waals surface area contributed by atoms with Crippen molar-refractivity contribution in [3.05, 3.63) is 0 Å². The van der Waals surface area contributed by atoms with Crippen LogP contribution in [0.2, 0.25) is 6.04 Å². The fourth-order valence-corrected chi connectivity index (χ4v) is 5.08. The minimum atomic E-state index is -2.52. The Kier molecular flexibility index (Phi) is 9.36. The van der Waals surface area contributed by atoms with E-state index in [9.17, 15) is 0 Å². The van der Waals surface area contributed by atoms with E-state index in [0.717, 1.165) is 12.5 Å². The summed E-state index contributed by atoms with van der Waals surface area (Å²) in [5.41, 5.74) is 0.0236. The maximum Gasteiger partial charge on any atom is 0.501 e. The van der Waals surface area contributed by atoms with Crippen molar-refractivity contribution in [3.63, 3.8) is 0 Å². The minimum Gasteiger partial charge on any atom is -0.381 e. The largest absolute Gasteiger partial charge is 0.501 e. The summed E-state index contributed by atoms with van der Waals surface area (Å²) in [7, 11) is -2.52. The zero-order valence-corrected chi connectivity index (χ0v) is 15.2. The molecule has 0 saturated carbocycles. The monoisotopic (exact) mass is 340 g/mol. The number of halogens is 1. The van der Waals surface area contributed by atoms with Crippen molar-refractivity contribution in [2.24, 2.45) is 5.41 Å². The molecule has 0 aromatic heterocycles. The number of hydrogen-bond acceptors (Lipinski definition) is 5. The molecule has 0 N–H and O–H groups in total. The predicted molar refractivity (Wildman–Crippen MR) is 84.8 cm³/mol. The first-order valence-corrected chi connectivity index (χ1v) is 10.3. The van der Waals surface area contributed by atoms with Crippen molar-refractivity contribution in [2.45, 2.75) is 33.2 Å². The van der Waals surface area contributed by atoms with Crippen LogP contribution in [0.1, 0.15) is 27.2 Å². The molecule has 1 aliphatic rings. The molecule has 1 aliphatic heterocycles. The summed E-state index contributed by atoms with van der Waals surface area (Å²) in [5, 5.41) is 0. The molecule has 0 aromatic rings. The van der Waals surface area contributed by atoms with Crippen molar-refractivity contribution < 1.29 is 22.8 Å². The van der Waals surface area contributed by atoms with Crippen LogP contribution < -0.4 is 0 Å². The van der Waals surface area contributed by atoms with E-state index < -0.39 is 8.80 Å². The summed E-state index contributed by atoms with van der Waals surface area (Å²) >= 11 is 5.96. The van der Waals surface area contributed by atoms with Crippen molar-refractivity contribution in [1.29, 1.82) is 0 Å². The minimum absolute atomic E-state index is 0.0236. The highest BCUT2D eigenvalue weighted by molar-refractivity contribution is 6.60. The summed E-state index contributed by atoms with van der Waals surface area (Å²) in [6.45, 7) is 10.5. The van der Waals surface area contributed by atoms with Crippen LogP contribution in [-0.4, -0.2) is 60.9 Å². The van der Waals surface area contributed by atoms with Crippen LogP contribution in [-0.2, 0) is 22.8 Å². The highest BCUT2D eigenvalue weighted by Gasteiger charge is 2.40. The lowest BCUT2D eigenvalue weighted by atomic mass is 9.90. The smallest absolute Gasteiger partial charge is 0.381 e. The molecule has 5 nitrogen and oxygen atoms in total. The van der Waals surface area contributed by atoms with Gasteiger partial charge in [0.15, 0.2) is 0 Å². The summed E-state index contributed by atoms with van der Waals surface area (Å²) in [5.74, 6) is 0.586. The molecule has 0 unspecified atom stereocenters. The standard InChI is InChI=1S/C14H29ClO5Si/c1-4-18-21(19-5-2,20-6-3)9-7-8-16-11-14(10-15)12-17-13-14/h4-13H2,1-3H3. The van der Waals surface area contributed by atoms with E-state index in [1.807, 2.05) is 20.8 Å². The summed E-state index contributed by atoms with van der Waals surface area (Å²) < 4.78 is 28.4. The molecule has 0 bridgehead atoms. The number of hydrogen-bond donors (Lipinski definition) is 0. The molecule has 0 amide bonds. The second kappa shape index (κ2) is 10.2. The van der Waals surface area contributed by atoms with Crippen molar-refractivity contribution in [1.82, 2.24) is 0 Å². The van der Waals surface area contributed by atoms with Crippen LogP contribution in [0.5, 0.6) is 0 Å². The second-order valence-electron chi connectivity index (χ2n) is 5.26. The van der Waals surface area contributed by atoms with Gasteiger partial charge in [0.1, 0.15) is 0 Å². The summed E-state index contributed by atoms with van der Waals surface area (Å²) in [6.07, 6.45) is 0.867. The first-order chi connectivity index (χ1) is 10.2. The Morgan fingerprint density at radius 1 is 1.05 bits per heavy atom. The molecule has 0 spiro atoms. The van der Waals surface area contributed by atoms with Crippen molar-refractivity contribution in [3.8, 4) is 0 Å². The highest BCUT2D eigenvalue weighted by Crippen LogP contribution is 2.29. The van der Waals surface area contributed by atoms with Crippen molar-refractivity contribution >= 4 is 20.4 Å². The lowest BCUT2D eigenvalue weighted by Crippen LogP contribution is -2.48. The summed E-state index contributed by atoms with van der Waals surface area (Å²) in [4.78, 5) is 0. The Hall–Kier alpha value is 0.307. The van der Waals surface area contributed by atoms with Crippen LogP contribution in [0.25, 0.3) is 0 Å². The Morgan fingerprint density at radius 2 is 1.62 bits per heavy atom. The van der Waals surface area contributed by atoms with E-state index in [4.69, 9.17) is 34.4 Å². The van der Waals surface area contributed by atoms with E-state index in [2.05, 4.69) is 0 Å². The van der Waals surface area contributed by atoms with E-state index in [-0.39, 0.29) is 5.41 Å². The molecule has 1 rings (SSSR count). The number of rotatable bonds is 13. The molecule has 126 valence electrons. The van der Waals surface area contributed by atoms with Crippen LogP contribution in [0, 0.1) is 5.41 Å². The lowest BCUT2D eigenvalue weighted by molar-refractivity contribution is -0.135. The topological polar surface area (TPSA) is 46.2 Å².